The third-order valence-electron chi connectivity index (χ3n) is 5.24. The van der Waals surface area contributed by atoms with E-state index in [2.05, 4.69) is 17.1 Å². The molecule has 1 N–H and O–H groups in total. The number of nitrogens with zero attached hydrogens (tertiary/aromatic N) is 1. The Kier molecular flexibility index (Phi) is 4.91. The van der Waals surface area contributed by atoms with E-state index in [1.54, 1.807) is 12.1 Å². The topological polar surface area (TPSA) is 15.3 Å². The maximum Gasteiger partial charge on any atom is 0.123 e. The van der Waals surface area contributed by atoms with Gasteiger partial charge in [-0.15, -0.1) is 0 Å². The number of hydrogen-bond donors (Lipinski definition) is 1. The number of nitrogens with one attached hydrogen (secondary N) is 1. The van der Waals surface area contributed by atoms with Gasteiger partial charge in [-0.3, -0.25) is 4.90 Å². The third kappa shape index (κ3) is 3.46. The Balaban J connectivity index is 1.69. The predicted octanol–water partition coefficient (Wildman–Crippen LogP) is 3.74. The molecule has 0 saturated carbocycles. The number of piperidine rings is 1. The molecule has 0 bridgehead atoms. The van der Waals surface area contributed by atoms with Crippen LogP contribution in [0.2, 0.25) is 0 Å². The first kappa shape index (κ1) is 15.0. The van der Waals surface area contributed by atoms with Crippen LogP contribution < -0.4 is 5.32 Å². The van der Waals surface area contributed by atoms with Gasteiger partial charge < -0.3 is 5.32 Å². The van der Waals surface area contributed by atoms with Crippen LogP contribution in [0.3, 0.4) is 0 Å². The van der Waals surface area contributed by atoms with E-state index >= 15 is 0 Å². The molecule has 0 radical (unpaired) electrons. The summed E-state index contributed by atoms with van der Waals surface area (Å²) in [5.41, 5.74) is 1.26. The van der Waals surface area contributed by atoms with E-state index in [-0.39, 0.29) is 5.82 Å². The van der Waals surface area contributed by atoms with Crippen molar-refractivity contribution in [1.29, 1.82) is 0 Å². The first-order valence-electron chi connectivity index (χ1n) is 8.51. The van der Waals surface area contributed by atoms with Crippen LogP contribution in [-0.4, -0.2) is 30.6 Å². The van der Waals surface area contributed by atoms with Gasteiger partial charge in [-0.25, -0.2) is 4.39 Å². The molecule has 3 unspecified atom stereocenters. The number of benzene rings is 1. The quantitative estimate of drug-likeness (QED) is 0.908. The summed E-state index contributed by atoms with van der Waals surface area (Å²) in [5, 5.41) is 3.67. The lowest BCUT2D eigenvalue weighted by Crippen LogP contribution is -2.44. The molecule has 116 valence electrons. The normalized spacial score (nSPS) is 28.7. The molecule has 1 aromatic rings. The summed E-state index contributed by atoms with van der Waals surface area (Å²) in [7, 11) is 0. The van der Waals surface area contributed by atoms with Gasteiger partial charge in [0.2, 0.25) is 0 Å². The summed E-state index contributed by atoms with van der Waals surface area (Å²) >= 11 is 0. The fourth-order valence-electron chi connectivity index (χ4n) is 4.16. The highest BCUT2D eigenvalue weighted by Crippen LogP contribution is 2.32. The maximum absolute atomic E-state index is 13.1. The van der Waals surface area contributed by atoms with Crippen molar-refractivity contribution in [3.8, 4) is 0 Å². The Labute approximate surface area is 127 Å². The Morgan fingerprint density at radius 2 is 2.05 bits per heavy atom. The van der Waals surface area contributed by atoms with Crippen LogP contribution in [0.25, 0.3) is 0 Å². The van der Waals surface area contributed by atoms with E-state index in [0.29, 0.717) is 6.04 Å². The molecule has 2 nitrogen and oxygen atoms in total. The van der Waals surface area contributed by atoms with Crippen LogP contribution >= 0.6 is 0 Å². The van der Waals surface area contributed by atoms with Crippen molar-refractivity contribution in [3.63, 3.8) is 0 Å². The van der Waals surface area contributed by atoms with Gasteiger partial charge in [0.05, 0.1) is 0 Å². The van der Waals surface area contributed by atoms with Crippen molar-refractivity contribution in [2.75, 3.05) is 19.6 Å². The summed E-state index contributed by atoms with van der Waals surface area (Å²) in [4.78, 5) is 2.63. The van der Waals surface area contributed by atoms with Gasteiger partial charge >= 0.3 is 0 Å². The molecule has 0 aliphatic carbocycles. The molecule has 1 aromatic carbocycles. The second-order valence-electron chi connectivity index (χ2n) is 6.58. The second-order valence-corrected chi connectivity index (χ2v) is 6.58. The lowest BCUT2D eigenvalue weighted by molar-refractivity contribution is 0.104. The SMILES string of the molecule is CCC(c1ccc(F)cc1)N1CCCC(C2CCCN2)C1. The van der Waals surface area contributed by atoms with E-state index in [1.165, 1.54) is 50.9 Å². The summed E-state index contributed by atoms with van der Waals surface area (Å²) < 4.78 is 13.1. The largest absolute Gasteiger partial charge is 0.314 e. The Morgan fingerprint density at radius 3 is 2.71 bits per heavy atom. The van der Waals surface area contributed by atoms with E-state index in [9.17, 15) is 4.39 Å². The average molecular weight is 290 g/mol. The molecular weight excluding hydrogens is 263 g/mol. The molecular formula is C18H27FN2. The van der Waals surface area contributed by atoms with E-state index in [0.717, 1.165) is 18.4 Å². The van der Waals surface area contributed by atoms with Crippen LogP contribution in [0.4, 0.5) is 4.39 Å². The molecule has 2 fully saturated rings. The van der Waals surface area contributed by atoms with Crippen LogP contribution in [0.5, 0.6) is 0 Å². The van der Waals surface area contributed by atoms with Crippen LogP contribution in [0.15, 0.2) is 24.3 Å². The van der Waals surface area contributed by atoms with Gasteiger partial charge in [-0.05, 0) is 68.8 Å². The number of hydrogen-bond acceptors (Lipinski definition) is 2. The van der Waals surface area contributed by atoms with Gasteiger partial charge in [0, 0.05) is 18.6 Å². The smallest absolute Gasteiger partial charge is 0.123 e. The third-order valence-corrected chi connectivity index (χ3v) is 5.24. The first-order chi connectivity index (χ1) is 10.3. The molecule has 2 heterocycles. The van der Waals surface area contributed by atoms with Gasteiger partial charge in [0.1, 0.15) is 5.82 Å². The average Bonchev–Trinajstić information content (AvgIpc) is 3.05. The molecule has 2 aliphatic heterocycles. The first-order valence-corrected chi connectivity index (χ1v) is 8.51. The van der Waals surface area contributed by atoms with E-state index < -0.39 is 0 Å². The molecule has 21 heavy (non-hydrogen) atoms. The van der Waals surface area contributed by atoms with Gasteiger partial charge in [-0.1, -0.05) is 19.1 Å². The minimum atomic E-state index is -0.139. The predicted molar refractivity (Wildman–Crippen MR) is 84.8 cm³/mol. The van der Waals surface area contributed by atoms with Crippen LogP contribution in [0.1, 0.15) is 50.6 Å². The van der Waals surface area contributed by atoms with Crippen molar-refractivity contribution in [2.45, 2.75) is 51.1 Å². The maximum atomic E-state index is 13.1. The zero-order valence-electron chi connectivity index (χ0n) is 13.0. The zero-order valence-corrected chi connectivity index (χ0v) is 13.0. The van der Waals surface area contributed by atoms with Gasteiger partial charge in [-0.2, -0.15) is 0 Å². The summed E-state index contributed by atoms with van der Waals surface area (Å²) in [5.74, 6) is 0.649. The number of likely N-dealkylation sites (tertiary alicyclic amines) is 1. The Bertz CT molecular complexity index is 439. The van der Waals surface area contributed by atoms with Gasteiger partial charge in [0.25, 0.3) is 0 Å². The molecule has 3 rings (SSSR count). The Hall–Kier alpha value is -0.930. The second kappa shape index (κ2) is 6.89. The Morgan fingerprint density at radius 1 is 1.24 bits per heavy atom. The van der Waals surface area contributed by atoms with Crippen molar-refractivity contribution < 1.29 is 4.39 Å². The molecule has 0 amide bonds. The van der Waals surface area contributed by atoms with Crippen LogP contribution in [-0.2, 0) is 0 Å². The molecule has 0 aromatic heterocycles. The molecule has 3 heteroatoms. The minimum absolute atomic E-state index is 0.139. The lowest BCUT2D eigenvalue weighted by Gasteiger charge is -2.40. The number of rotatable bonds is 4. The summed E-state index contributed by atoms with van der Waals surface area (Å²) in [6.45, 7) is 5.80. The monoisotopic (exact) mass is 290 g/mol. The minimum Gasteiger partial charge on any atom is -0.314 e. The highest BCUT2D eigenvalue weighted by molar-refractivity contribution is 5.20. The molecule has 2 saturated heterocycles. The zero-order chi connectivity index (χ0) is 14.7. The van der Waals surface area contributed by atoms with Crippen molar-refractivity contribution in [1.82, 2.24) is 10.2 Å². The highest BCUT2D eigenvalue weighted by atomic mass is 19.1. The standard InChI is InChI=1S/C18H27FN2/c1-2-18(14-7-9-16(19)10-8-14)21-12-4-5-15(13-21)17-6-3-11-20-17/h7-10,15,17-18,20H,2-6,11-13H2,1H3. The van der Waals surface area contributed by atoms with E-state index in [1.807, 2.05) is 12.1 Å². The fourth-order valence-corrected chi connectivity index (χ4v) is 4.16. The molecule has 3 atom stereocenters. The van der Waals surface area contributed by atoms with Crippen molar-refractivity contribution >= 4 is 0 Å². The molecule has 0 spiro atoms. The highest BCUT2D eigenvalue weighted by Gasteiger charge is 2.31. The van der Waals surface area contributed by atoms with E-state index in [4.69, 9.17) is 0 Å². The fraction of sp³-hybridized carbons (Fsp3) is 0.667. The lowest BCUT2D eigenvalue weighted by atomic mass is 9.88. The van der Waals surface area contributed by atoms with Crippen LogP contribution in [0, 0.1) is 11.7 Å². The van der Waals surface area contributed by atoms with Crippen molar-refractivity contribution in [2.24, 2.45) is 5.92 Å². The molecule has 2 aliphatic rings. The van der Waals surface area contributed by atoms with Crippen molar-refractivity contribution in [3.05, 3.63) is 35.6 Å². The van der Waals surface area contributed by atoms with Gasteiger partial charge in [0.15, 0.2) is 0 Å². The number of halogens is 1. The summed E-state index contributed by atoms with van der Waals surface area (Å²) in [6, 6.07) is 8.27. The summed E-state index contributed by atoms with van der Waals surface area (Å²) in [6.07, 6.45) is 6.41.